The number of rotatable bonds is 8. The highest BCUT2D eigenvalue weighted by Crippen LogP contribution is 2.28. The summed E-state index contributed by atoms with van der Waals surface area (Å²) in [6, 6.07) is 8.86. The molecule has 0 fully saturated rings. The van der Waals surface area contributed by atoms with Gasteiger partial charge in [-0.3, -0.25) is 9.40 Å². The van der Waals surface area contributed by atoms with E-state index >= 15 is 0 Å². The van der Waals surface area contributed by atoms with Crippen molar-refractivity contribution in [3.05, 3.63) is 42.2 Å². The topological polar surface area (TPSA) is 38.0 Å². The van der Waals surface area contributed by atoms with Crippen molar-refractivity contribution in [3.8, 4) is 11.3 Å². The van der Waals surface area contributed by atoms with Crippen LogP contribution in [0.1, 0.15) is 19.4 Å². The second-order valence-corrected chi connectivity index (χ2v) is 8.52. The minimum Gasteiger partial charge on any atom is -0.347 e. The van der Waals surface area contributed by atoms with Crippen molar-refractivity contribution in [2.24, 2.45) is 13.0 Å². The molecular formula is C20H29N5S. The molecule has 26 heavy (non-hydrogen) atoms. The molecule has 2 aromatic heterocycles. The maximum absolute atomic E-state index is 4.31. The van der Waals surface area contributed by atoms with Crippen LogP contribution in [0.25, 0.3) is 22.2 Å². The minimum absolute atomic E-state index is 0.612. The van der Waals surface area contributed by atoms with Gasteiger partial charge in [0.25, 0.3) is 0 Å². The van der Waals surface area contributed by atoms with Crippen molar-refractivity contribution in [2.45, 2.75) is 26.8 Å². The Hall–Kier alpha value is -1.76. The first-order valence-corrected chi connectivity index (χ1v) is 9.90. The first-order valence-electron chi connectivity index (χ1n) is 9.13. The summed E-state index contributed by atoms with van der Waals surface area (Å²) < 4.78 is 9.82. The molecule has 0 bridgehead atoms. The number of hydrogen-bond acceptors (Lipinski definition) is 4. The summed E-state index contributed by atoms with van der Waals surface area (Å²) in [5, 5.41) is 5.66. The van der Waals surface area contributed by atoms with Crippen molar-refractivity contribution in [1.82, 2.24) is 23.4 Å². The van der Waals surface area contributed by atoms with E-state index in [-0.39, 0.29) is 0 Å². The summed E-state index contributed by atoms with van der Waals surface area (Å²) >= 11 is 1.64. The van der Waals surface area contributed by atoms with E-state index in [0.717, 1.165) is 25.2 Å². The average Bonchev–Trinajstić information content (AvgIpc) is 3.15. The summed E-state index contributed by atoms with van der Waals surface area (Å²) in [6.45, 7) is 6.52. The van der Waals surface area contributed by atoms with Gasteiger partial charge in [-0.05, 0) is 44.1 Å². The molecule has 0 aliphatic heterocycles. The summed E-state index contributed by atoms with van der Waals surface area (Å²) in [5.41, 5.74) is 5.08. The predicted molar refractivity (Wildman–Crippen MR) is 112 cm³/mol. The molecule has 2 heterocycles. The van der Waals surface area contributed by atoms with E-state index in [1.807, 2.05) is 32.0 Å². The molecule has 140 valence electrons. The highest BCUT2D eigenvalue weighted by Gasteiger charge is 2.12. The SMILES string of the molecule is CC(C)Cn1cc(CCNSN(C)C)c2ccc(-c3ccnn3C)cc21. The molecule has 0 amide bonds. The number of fused-ring (bicyclic) bond motifs is 1. The molecular weight excluding hydrogens is 342 g/mol. The summed E-state index contributed by atoms with van der Waals surface area (Å²) in [7, 11) is 6.09. The van der Waals surface area contributed by atoms with Crippen molar-refractivity contribution in [3.63, 3.8) is 0 Å². The van der Waals surface area contributed by atoms with Crippen molar-refractivity contribution >= 4 is 23.0 Å². The fourth-order valence-electron chi connectivity index (χ4n) is 3.29. The zero-order valence-corrected chi connectivity index (χ0v) is 17.2. The van der Waals surface area contributed by atoms with E-state index in [1.165, 1.54) is 22.0 Å². The van der Waals surface area contributed by atoms with E-state index in [4.69, 9.17) is 0 Å². The van der Waals surface area contributed by atoms with E-state index in [2.05, 4.69) is 63.0 Å². The Balaban J connectivity index is 1.92. The molecule has 0 unspecified atom stereocenters. The fraction of sp³-hybridized carbons (Fsp3) is 0.450. The number of aromatic nitrogens is 3. The van der Waals surface area contributed by atoms with Crippen LogP contribution in [0.5, 0.6) is 0 Å². The minimum atomic E-state index is 0.612. The summed E-state index contributed by atoms with van der Waals surface area (Å²) in [4.78, 5) is 0. The van der Waals surface area contributed by atoms with Gasteiger partial charge in [0.05, 0.1) is 5.69 Å². The highest BCUT2D eigenvalue weighted by molar-refractivity contribution is 7.95. The maximum Gasteiger partial charge on any atom is 0.0679 e. The van der Waals surface area contributed by atoms with Gasteiger partial charge in [-0.25, -0.2) is 4.31 Å². The van der Waals surface area contributed by atoms with Gasteiger partial charge in [0.1, 0.15) is 0 Å². The normalized spacial score (nSPS) is 12.0. The Bertz CT molecular complexity index is 862. The molecule has 0 atom stereocenters. The molecule has 3 aromatic rings. The van der Waals surface area contributed by atoms with Crippen LogP contribution in [0.4, 0.5) is 0 Å². The lowest BCUT2D eigenvalue weighted by Crippen LogP contribution is -2.15. The highest BCUT2D eigenvalue weighted by atomic mass is 32.2. The second-order valence-electron chi connectivity index (χ2n) is 7.32. The first kappa shape index (κ1) is 19.0. The monoisotopic (exact) mass is 371 g/mol. The van der Waals surface area contributed by atoms with Gasteiger partial charge in [-0.15, -0.1) is 0 Å². The van der Waals surface area contributed by atoms with E-state index in [1.54, 1.807) is 12.1 Å². The molecule has 0 aliphatic rings. The van der Waals surface area contributed by atoms with Crippen LogP contribution in [0.3, 0.4) is 0 Å². The lowest BCUT2D eigenvalue weighted by atomic mass is 10.1. The smallest absolute Gasteiger partial charge is 0.0679 e. The van der Waals surface area contributed by atoms with Gasteiger partial charge in [0.15, 0.2) is 0 Å². The van der Waals surface area contributed by atoms with Crippen LogP contribution >= 0.6 is 12.1 Å². The van der Waals surface area contributed by atoms with Gasteiger partial charge in [-0.1, -0.05) is 26.0 Å². The number of nitrogens with one attached hydrogen (secondary N) is 1. The standard InChI is InChI=1S/C20H29N5S/c1-15(2)13-25-14-17(8-11-22-26-23(3)4)18-7-6-16(12-20(18)25)19-9-10-21-24(19)5/h6-7,9-10,12,14-15,22H,8,11,13H2,1-5H3. The number of nitrogens with zero attached hydrogens (tertiary/aromatic N) is 4. The molecule has 1 N–H and O–H groups in total. The average molecular weight is 372 g/mol. The fourth-order valence-corrected chi connectivity index (χ4v) is 3.74. The Labute approximate surface area is 160 Å². The predicted octanol–water partition coefficient (Wildman–Crippen LogP) is 3.95. The molecule has 6 heteroatoms. The lowest BCUT2D eigenvalue weighted by molar-refractivity contribution is 0.534. The largest absolute Gasteiger partial charge is 0.347 e. The molecule has 5 nitrogen and oxygen atoms in total. The summed E-state index contributed by atoms with van der Waals surface area (Å²) in [5.74, 6) is 0.612. The molecule has 3 rings (SSSR count). The number of benzene rings is 1. The zero-order valence-electron chi connectivity index (χ0n) is 16.4. The Morgan fingerprint density at radius 1 is 1.23 bits per heavy atom. The van der Waals surface area contributed by atoms with E-state index in [9.17, 15) is 0 Å². The van der Waals surface area contributed by atoms with Crippen LogP contribution in [0.2, 0.25) is 0 Å². The van der Waals surface area contributed by atoms with Gasteiger partial charge >= 0.3 is 0 Å². The maximum atomic E-state index is 4.31. The molecule has 0 aliphatic carbocycles. The number of hydrogen-bond donors (Lipinski definition) is 1. The zero-order chi connectivity index (χ0) is 18.7. The quantitative estimate of drug-likeness (QED) is 0.480. The second kappa shape index (κ2) is 8.29. The third-order valence-corrected chi connectivity index (χ3v) is 5.09. The third kappa shape index (κ3) is 4.31. The van der Waals surface area contributed by atoms with E-state index in [0.29, 0.717) is 5.92 Å². The van der Waals surface area contributed by atoms with Crippen LogP contribution in [-0.2, 0) is 20.0 Å². The Kier molecular flexibility index (Phi) is 6.06. The van der Waals surface area contributed by atoms with Crippen molar-refractivity contribution in [1.29, 1.82) is 0 Å². The van der Waals surface area contributed by atoms with Gasteiger partial charge < -0.3 is 4.57 Å². The van der Waals surface area contributed by atoms with Crippen LogP contribution in [0, 0.1) is 5.92 Å². The Morgan fingerprint density at radius 3 is 2.69 bits per heavy atom. The Morgan fingerprint density at radius 2 is 2.04 bits per heavy atom. The first-order chi connectivity index (χ1) is 12.5. The van der Waals surface area contributed by atoms with Gasteiger partial charge in [-0.2, -0.15) is 5.10 Å². The van der Waals surface area contributed by atoms with Crippen LogP contribution in [-0.4, -0.2) is 39.3 Å². The van der Waals surface area contributed by atoms with Gasteiger partial charge in [0.2, 0.25) is 0 Å². The van der Waals surface area contributed by atoms with Crippen LogP contribution < -0.4 is 4.72 Å². The molecule has 0 saturated carbocycles. The molecule has 0 radical (unpaired) electrons. The van der Waals surface area contributed by atoms with Crippen LogP contribution in [0.15, 0.2) is 36.7 Å². The van der Waals surface area contributed by atoms with Gasteiger partial charge in [0, 0.05) is 61.1 Å². The van der Waals surface area contributed by atoms with Crippen molar-refractivity contribution in [2.75, 3.05) is 20.6 Å². The number of aryl methyl sites for hydroxylation is 1. The molecule has 0 spiro atoms. The molecule has 0 saturated heterocycles. The molecule has 1 aromatic carbocycles. The van der Waals surface area contributed by atoms with E-state index < -0.39 is 0 Å². The third-order valence-electron chi connectivity index (χ3n) is 4.39. The summed E-state index contributed by atoms with van der Waals surface area (Å²) in [6.07, 6.45) is 5.21. The lowest BCUT2D eigenvalue weighted by Gasteiger charge is -2.09. The van der Waals surface area contributed by atoms with Crippen molar-refractivity contribution < 1.29 is 0 Å².